The van der Waals surface area contributed by atoms with Gasteiger partial charge in [0.2, 0.25) is 0 Å². The largest absolute Gasteiger partial charge is 0.464 e. The number of nitrogens with one attached hydrogen (secondary N) is 1. The van der Waals surface area contributed by atoms with Crippen molar-refractivity contribution < 1.29 is 4.42 Å². The average molecular weight is 308 g/mol. The molecule has 3 aromatic heterocycles. The lowest BCUT2D eigenvalue weighted by Crippen LogP contribution is -2.15. The molecule has 0 aromatic carbocycles. The number of pyridine rings is 1. The summed E-state index contributed by atoms with van der Waals surface area (Å²) >= 11 is 0. The highest BCUT2D eigenvalue weighted by atomic mass is 16.3. The van der Waals surface area contributed by atoms with Crippen LogP contribution in [0.25, 0.3) is 5.82 Å². The molecule has 118 valence electrons. The van der Waals surface area contributed by atoms with E-state index in [0.717, 1.165) is 35.4 Å². The number of furan rings is 1. The zero-order valence-electron chi connectivity index (χ0n) is 13.1. The molecule has 0 aliphatic heterocycles. The topological polar surface area (TPSA) is 55.9 Å². The first-order valence-electron chi connectivity index (χ1n) is 8.04. The molecule has 4 rings (SSSR count). The van der Waals surface area contributed by atoms with E-state index >= 15 is 0 Å². The highest BCUT2D eigenvalue weighted by Gasteiger charge is 2.36. The van der Waals surface area contributed by atoms with E-state index in [1.807, 2.05) is 18.3 Å². The quantitative estimate of drug-likeness (QED) is 0.759. The minimum Gasteiger partial charge on any atom is -0.464 e. The van der Waals surface area contributed by atoms with Crippen molar-refractivity contribution in [1.29, 1.82) is 0 Å². The maximum atomic E-state index is 5.92. The number of hydrogen-bond donors (Lipinski definition) is 1. The lowest BCUT2D eigenvalue weighted by molar-refractivity contribution is 0.444. The zero-order valence-corrected chi connectivity index (χ0v) is 13.1. The average Bonchev–Trinajstić information content (AvgIpc) is 3.01. The molecule has 0 unspecified atom stereocenters. The normalized spacial score (nSPS) is 19.9. The summed E-state index contributed by atoms with van der Waals surface area (Å²) < 4.78 is 7.71. The van der Waals surface area contributed by atoms with Gasteiger partial charge in [0.25, 0.3) is 0 Å². The van der Waals surface area contributed by atoms with Crippen LogP contribution in [0.5, 0.6) is 0 Å². The molecule has 0 bridgehead atoms. The first-order valence-corrected chi connectivity index (χ1v) is 8.04. The van der Waals surface area contributed by atoms with Gasteiger partial charge >= 0.3 is 0 Å². The van der Waals surface area contributed by atoms with Gasteiger partial charge in [0, 0.05) is 36.6 Å². The fraction of sp³-hybridized carbons (Fsp3) is 0.333. The number of hydrogen-bond acceptors (Lipinski definition) is 4. The Morgan fingerprint density at radius 2 is 2.13 bits per heavy atom. The molecule has 3 aromatic rings. The molecule has 5 nitrogen and oxygen atoms in total. The van der Waals surface area contributed by atoms with E-state index < -0.39 is 0 Å². The third kappa shape index (κ3) is 3.05. The van der Waals surface area contributed by atoms with Crippen LogP contribution in [0.15, 0.2) is 53.3 Å². The number of rotatable bonds is 6. The highest BCUT2D eigenvalue weighted by molar-refractivity contribution is 5.32. The Labute approximate surface area is 135 Å². The van der Waals surface area contributed by atoms with Crippen LogP contribution in [0, 0.1) is 5.92 Å². The molecule has 0 spiro atoms. The summed E-state index contributed by atoms with van der Waals surface area (Å²) in [5.41, 5.74) is 1.11. The van der Waals surface area contributed by atoms with Crippen molar-refractivity contribution >= 4 is 0 Å². The van der Waals surface area contributed by atoms with Crippen molar-refractivity contribution in [2.24, 2.45) is 5.92 Å². The zero-order chi connectivity index (χ0) is 15.6. The molecular weight excluding hydrogens is 288 g/mol. The standard InChI is InChI=1S/C18H20N4O/c1-13-10-16(13)17-6-5-15(23-17)12-19-11-14-4-2-7-20-18(14)22-9-3-8-21-22/h2-9,13,16,19H,10-12H2,1H3/t13-,16-/m1/s1. The van der Waals surface area contributed by atoms with Gasteiger partial charge in [-0.15, -0.1) is 0 Å². The van der Waals surface area contributed by atoms with Crippen molar-refractivity contribution in [2.45, 2.75) is 32.4 Å². The van der Waals surface area contributed by atoms with E-state index in [0.29, 0.717) is 12.5 Å². The summed E-state index contributed by atoms with van der Waals surface area (Å²) in [6.45, 7) is 3.71. The summed E-state index contributed by atoms with van der Waals surface area (Å²) in [5, 5.41) is 7.69. The Morgan fingerprint density at radius 1 is 1.22 bits per heavy atom. The molecule has 0 saturated heterocycles. The van der Waals surface area contributed by atoms with E-state index in [2.05, 4.69) is 40.5 Å². The molecule has 1 N–H and O–H groups in total. The predicted molar refractivity (Wildman–Crippen MR) is 87.1 cm³/mol. The minimum atomic E-state index is 0.633. The Balaban J connectivity index is 1.39. The second kappa shape index (κ2) is 6.01. The molecule has 1 aliphatic carbocycles. The fourth-order valence-corrected chi connectivity index (χ4v) is 2.90. The molecule has 1 fully saturated rings. The van der Waals surface area contributed by atoms with Gasteiger partial charge in [0.1, 0.15) is 11.5 Å². The Hall–Kier alpha value is -2.40. The van der Waals surface area contributed by atoms with Gasteiger partial charge in [-0.2, -0.15) is 5.10 Å². The van der Waals surface area contributed by atoms with Gasteiger partial charge < -0.3 is 9.73 Å². The smallest absolute Gasteiger partial charge is 0.157 e. The molecule has 2 atom stereocenters. The van der Waals surface area contributed by atoms with E-state index in [4.69, 9.17) is 4.42 Å². The van der Waals surface area contributed by atoms with Gasteiger partial charge in [-0.1, -0.05) is 13.0 Å². The fourth-order valence-electron chi connectivity index (χ4n) is 2.90. The second-order valence-electron chi connectivity index (χ2n) is 6.16. The number of nitrogens with zero attached hydrogens (tertiary/aromatic N) is 3. The Bertz CT molecular complexity index is 778. The van der Waals surface area contributed by atoms with Gasteiger partial charge in [0.05, 0.1) is 6.54 Å². The van der Waals surface area contributed by atoms with Crippen LogP contribution in [-0.2, 0) is 13.1 Å². The first-order chi connectivity index (χ1) is 11.3. The minimum absolute atomic E-state index is 0.633. The van der Waals surface area contributed by atoms with Crippen molar-refractivity contribution in [3.05, 3.63) is 66.0 Å². The van der Waals surface area contributed by atoms with Crippen molar-refractivity contribution in [1.82, 2.24) is 20.1 Å². The lowest BCUT2D eigenvalue weighted by Gasteiger charge is -2.08. The lowest BCUT2D eigenvalue weighted by atomic mass is 10.2. The summed E-state index contributed by atoms with van der Waals surface area (Å²) in [5.74, 6) is 4.39. The van der Waals surface area contributed by atoms with E-state index in [1.165, 1.54) is 6.42 Å². The SMILES string of the molecule is C[C@@H]1C[C@H]1c1ccc(CNCc2cccnc2-n2cccn2)o1. The molecule has 5 heteroatoms. The van der Waals surface area contributed by atoms with Crippen LogP contribution in [-0.4, -0.2) is 14.8 Å². The van der Waals surface area contributed by atoms with Crippen LogP contribution in [0.4, 0.5) is 0 Å². The van der Waals surface area contributed by atoms with Crippen molar-refractivity contribution in [2.75, 3.05) is 0 Å². The summed E-state index contributed by atoms with van der Waals surface area (Å²) in [4.78, 5) is 4.43. The third-order valence-corrected chi connectivity index (χ3v) is 4.36. The molecule has 3 heterocycles. The van der Waals surface area contributed by atoms with Crippen LogP contribution < -0.4 is 5.32 Å². The molecule has 23 heavy (non-hydrogen) atoms. The maximum Gasteiger partial charge on any atom is 0.157 e. The van der Waals surface area contributed by atoms with Gasteiger partial charge in [-0.05, 0) is 36.6 Å². The monoisotopic (exact) mass is 308 g/mol. The highest BCUT2D eigenvalue weighted by Crippen LogP contribution is 2.47. The third-order valence-electron chi connectivity index (χ3n) is 4.36. The first kappa shape index (κ1) is 14.2. The van der Waals surface area contributed by atoms with Gasteiger partial charge in [-0.3, -0.25) is 0 Å². The van der Waals surface area contributed by atoms with E-state index in [-0.39, 0.29) is 0 Å². The summed E-state index contributed by atoms with van der Waals surface area (Å²) in [7, 11) is 0. The molecular formula is C18H20N4O. The maximum absolute atomic E-state index is 5.92. The van der Waals surface area contributed by atoms with Crippen LogP contribution in [0.3, 0.4) is 0 Å². The molecule has 1 aliphatic rings. The second-order valence-corrected chi connectivity index (χ2v) is 6.16. The van der Waals surface area contributed by atoms with Crippen molar-refractivity contribution in [3.8, 4) is 5.82 Å². The summed E-state index contributed by atoms with van der Waals surface area (Å²) in [6, 6.07) is 10.1. The molecule has 0 amide bonds. The van der Waals surface area contributed by atoms with Crippen LogP contribution in [0.2, 0.25) is 0 Å². The Morgan fingerprint density at radius 3 is 2.91 bits per heavy atom. The van der Waals surface area contributed by atoms with E-state index in [1.54, 1.807) is 17.1 Å². The van der Waals surface area contributed by atoms with Gasteiger partial charge in [-0.25, -0.2) is 9.67 Å². The molecule has 0 radical (unpaired) electrons. The van der Waals surface area contributed by atoms with Crippen LogP contribution >= 0.6 is 0 Å². The summed E-state index contributed by atoms with van der Waals surface area (Å²) in [6.07, 6.45) is 6.70. The van der Waals surface area contributed by atoms with Crippen LogP contribution in [0.1, 0.15) is 36.3 Å². The Kier molecular flexibility index (Phi) is 3.71. The predicted octanol–water partition coefficient (Wildman–Crippen LogP) is 3.27. The molecule has 1 saturated carbocycles. The van der Waals surface area contributed by atoms with Gasteiger partial charge in [0.15, 0.2) is 5.82 Å². The van der Waals surface area contributed by atoms with E-state index in [9.17, 15) is 0 Å². The van der Waals surface area contributed by atoms with Crippen molar-refractivity contribution in [3.63, 3.8) is 0 Å². The number of aromatic nitrogens is 3.